The van der Waals surface area contributed by atoms with Gasteiger partial charge < -0.3 is 0 Å². The summed E-state index contributed by atoms with van der Waals surface area (Å²) in [7, 11) is 0. The topological polar surface area (TPSA) is 0 Å². The first-order valence-corrected chi connectivity index (χ1v) is 6.59. The van der Waals surface area contributed by atoms with E-state index >= 15 is 0 Å². The number of rotatable bonds is 1. The lowest BCUT2D eigenvalue weighted by molar-refractivity contribution is 1.47. The monoisotopic (exact) mass is 237 g/mol. The lowest BCUT2D eigenvalue weighted by atomic mass is 10.0. The van der Waals surface area contributed by atoms with Gasteiger partial charge in [-0.1, -0.05) is 42.0 Å². The van der Waals surface area contributed by atoms with Crippen molar-refractivity contribution in [2.75, 3.05) is 0 Å². The molecule has 17 heavy (non-hydrogen) atoms. The van der Waals surface area contributed by atoms with Gasteiger partial charge in [-0.05, 0) is 24.1 Å². The van der Waals surface area contributed by atoms with Gasteiger partial charge in [-0.15, -0.1) is 0 Å². The van der Waals surface area contributed by atoms with Crippen molar-refractivity contribution >= 4 is 21.4 Å². The molecule has 0 saturated heterocycles. The number of hydrogen-bond donors (Lipinski definition) is 0. The molecule has 3 rings (SSSR count). The zero-order valence-electron chi connectivity index (χ0n) is 9.68. The molecule has 0 radical (unpaired) electrons. The summed E-state index contributed by atoms with van der Waals surface area (Å²) in [4.78, 5) is 0. The van der Waals surface area contributed by atoms with Crippen molar-refractivity contribution in [3.8, 4) is 11.1 Å². The standard InChI is InChI=1S/C16H13S/c1-12-6-8-13(9-7-12)14-10-11-17-16-5-3-2-4-15(14)16/h2-11H,1H3/q+1. The molecule has 0 atom stereocenters. The molecule has 0 spiro atoms. The summed E-state index contributed by atoms with van der Waals surface area (Å²) in [5.74, 6) is 0. The molecular formula is C16H13S+. The first kappa shape index (κ1) is 10.4. The summed E-state index contributed by atoms with van der Waals surface area (Å²) in [6.07, 6.45) is 0. The molecule has 2 aromatic carbocycles. The van der Waals surface area contributed by atoms with Crippen molar-refractivity contribution in [1.82, 2.24) is 0 Å². The minimum absolute atomic E-state index is 1.29. The molecule has 1 heteroatoms. The summed E-state index contributed by atoms with van der Waals surface area (Å²) in [5.41, 5.74) is 3.91. The lowest BCUT2D eigenvalue weighted by Gasteiger charge is -2.02. The molecule has 1 aromatic heterocycles. The van der Waals surface area contributed by atoms with Crippen LogP contribution < -0.4 is 0 Å². The molecule has 0 saturated carbocycles. The smallest absolute Gasteiger partial charge is 0.0612 e. The summed E-state index contributed by atoms with van der Waals surface area (Å²) in [6, 6.07) is 19.5. The van der Waals surface area contributed by atoms with E-state index in [0.717, 1.165) is 0 Å². The second kappa shape index (κ2) is 4.27. The van der Waals surface area contributed by atoms with Crippen molar-refractivity contribution < 1.29 is 0 Å². The van der Waals surface area contributed by atoms with E-state index in [2.05, 4.69) is 66.9 Å². The molecule has 0 fully saturated rings. The predicted octanol–water partition coefficient (Wildman–Crippen LogP) is 5.16. The Labute approximate surface area is 105 Å². The first-order chi connectivity index (χ1) is 8.34. The van der Waals surface area contributed by atoms with E-state index in [1.807, 2.05) is 0 Å². The van der Waals surface area contributed by atoms with Crippen LogP contribution >= 0.6 is 11.3 Å². The van der Waals surface area contributed by atoms with Crippen LogP contribution in [0.25, 0.3) is 21.2 Å². The van der Waals surface area contributed by atoms with E-state index < -0.39 is 0 Å². The third-order valence-electron chi connectivity index (χ3n) is 2.97. The second-order valence-corrected chi connectivity index (χ2v) is 5.14. The predicted molar refractivity (Wildman–Crippen MR) is 76.4 cm³/mol. The summed E-state index contributed by atoms with van der Waals surface area (Å²) in [5, 5.41) is 3.50. The Morgan fingerprint density at radius 1 is 0.824 bits per heavy atom. The fourth-order valence-corrected chi connectivity index (χ4v) is 2.85. The van der Waals surface area contributed by atoms with Crippen LogP contribution in [0, 0.1) is 6.92 Å². The van der Waals surface area contributed by atoms with Gasteiger partial charge in [0.1, 0.15) is 0 Å². The van der Waals surface area contributed by atoms with Crippen LogP contribution in [0.3, 0.4) is 0 Å². The number of hydrogen-bond acceptors (Lipinski definition) is 0. The van der Waals surface area contributed by atoms with Gasteiger partial charge in [-0.25, -0.2) is 0 Å². The van der Waals surface area contributed by atoms with Gasteiger partial charge in [-0.2, -0.15) is 0 Å². The van der Waals surface area contributed by atoms with E-state index in [-0.39, 0.29) is 0 Å². The van der Waals surface area contributed by atoms with E-state index in [4.69, 9.17) is 0 Å². The number of fused-ring (bicyclic) bond motifs is 1. The first-order valence-electron chi connectivity index (χ1n) is 5.71. The molecule has 0 aliphatic carbocycles. The molecule has 0 aliphatic rings. The van der Waals surface area contributed by atoms with Crippen LogP contribution in [-0.4, -0.2) is 0 Å². The van der Waals surface area contributed by atoms with Crippen molar-refractivity contribution in [2.45, 2.75) is 6.92 Å². The van der Waals surface area contributed by atoms with Gasteiger partial charge in [0.05, 0.1) is 0 Å². The highest BCUT2D eigenvalue weighted by Crippen LogP contribution is 2.30. The van der Waals surface area contributed by atoms with Crippen LogP contribution in [0.2, 0.25) is 0 Å². The highest BCUT2D eigenvalue weighted by molar-refractivity contribution is 7.16. The third-order valence-corrected chi connectivity index (χ3v) is 3.85. The van der Waals surface area contributed by atoms with Crippen LogP contribution in [0.4, 0.5) is 0 Å². The molecular weight excluding hydrogens is 224 g/mol. The zero-order valence-corrected chi connectivity index (χ0v) is 10.5. The number of benzene rings is 2. The van der Waals surface area contributed by atoms with E-state index in [9.17, 15) is 0 Å². The van der Waals surface area contributed by atoms with Gasteiger partial charge in [0, 0.05) is 17.5 Å². The van der Waals surface area contributed by atoms with Crippen LogP contribution in [0.15, 0.2) is 60.0 Å². The Bertz CT molecular complexity index is 648. The summed E-state index contributed by atoms with van der Waals surface area (Å²) in [6.45, 7) is 2.12. The number of aryl methyl sites for hydroxylation is 1. The largest absolute Gasteiger partial charge is 0.238 e. The Morgan fingerprint density at radius 2 is 1.59 bits per heavy atom. The van der Waals surface area contributed by atoms with Crippen molar-refractivity contribution in [1.29, 1.82) is 0 Å². The summed E-state index contributed by atoms with van der Waals surface area (Å²) < 4.78 is 1.34. The molecule has 0 aliphatic heterocycles. The Hall–Kier alpha value is -1.73. The van der Waals surface area contributed by atoms with Crippen LogP contribution in [0.5, 0.6) is 0 Å². The molecule has 0 N–H and O–H groups in total. The molecule has 0 nitrogen and oxygen atoms in total. The SMILES string of the molecule is Cc1ccc(-c2cc[s+]c3ccccc23)cc1. The van der Waals surface area contributed by atoms with E-state index in [1.165, 1.54) is 26.8 Å². The van der Waals surface area contributed by atoms with Crippen LogP contribution in [-0.2, 0) is 0 Å². The molecule has 1 heterocycles. The Balaban J connectivity index is 2.27. The normalized spacial score (nSPS) is 10.6. The second-order valence-electron chi connectivity index (χ2n) is 4.20. The van der Waals surface area contributed by atoms with Crippen molar-refractivity contribution in [3.63, 3.8) is 0 Å². The maximum atomic E-state index is 2.21. The molecule has 0 unspecified atom stereocenters. The Kier molecular flexibility index (Phi) is 2.62. The Morgan fingerprint density at radius 3 is 2.41 bits per heavy atom. The lowest BCUT2D eigenvalue weighted by Crippen LogP contribution is -1.80. The van der Waals surface area contributed by atoms with E-state index in [0.29, 0.717) is 0 Å². The van der Waals surface area contributed by atoms with Crippen molar-refractivity contribution in [2.24, 2.45) is 0 Å². The fourth-order valence-electron chi connectivity index (χ4n) is 2.04. The maximum Gasteiger partial charge on any atom is 0.238 e. The van der Waals surface area contributed by atoms with Gasteiger partial charge in [0.15, 0.2) is 5.38 Å². The minimum atomic E-state index is 1.29. The van der Waals surface area contributed by atoms with Crippen LogP contribution in [0.1, 0.15) is 5.56 Å². The van der Waals surface area contributed by atoms with Crippen molar-refractivity contribution in [3.05, 3.63) is 65.5 Å². The minimum Gasteiger partial charge on any atom is -0.0612 e. The zero-order chi connectivity index (χ0) is 11.7. The molecule has 3 aromatic rings. The average Bonchev–Trinajstić information content (AvgIpc) is 2.39. The highest BCUT2D eigenvalue weighted by Gasteiger charge is 2.09. The highest BCUT2D eigenvalue weighted by atomic mass is 32.1. The fraction of sp³-hybridized carbons (Fsp3) is 0.0625. The third kappa shape index (κ3) is 1.94. The van der Waals surface area contributed by atoms with Gasteiger partial charge in [0.2, 0.25) is 16.0 Å². The van der Waals surface area contributed by atoms with Gasteiger partial charge in [0.25, 0.3) is 0 Å². The molecule has 0 bridgehead atoms. The molecule has 82 valence electrons. The van der Waals surface area contributed by atoms with E-state index in [1.54, 1.807) is 11.3 Å². The van der Waals surface area contributed by atoms with Gasteiger partial charge in [-0.3, -0.25) is 0 Å². The quantitative estimate of drug-likeness (QED) is 0.513. The van der Waals surface area contributed by atoms with Gasteiger partial charge >= 0.3 is 0 Å². The average molecular weight is 237 g/mol. The maximum absolute atomic E-state index is 2.21. The summed E-state index contributed by atoms with van der Waals surface area (Å²) >= 11 is 1.79. The molecule has 0 amide bonds.